The van der Waals surface area contributed by atoms with Crippen molar-refractivity contribution in [2.24, 2.45) is 0 Å². The van der Waals surface area contributed by atoms with Crippen molar-refractivity contribution in [1.82, 2.24) is 5.32 Å². The molecule has 1 aromatic heterocycles. The number of esters is 1. The summed E-state index contributed by atoms with van der Waals surface area (Å²) >= 11 is 6.08. The van der Waals surface area contributed by atoms with E-state index in [-0.39, 0.29) is 23.8 Å². The van der Waals surface area contributed by atoms with Crippen molar-refractivity contribution >= 4 is 23.5 Å². The van der Waals surface area contributed by atoms with Crippen molar-refractivity contribution < 1.29 is 18.7 Å². The molecule has 0 aliphatic rings. The molecule has 0 fully saturated rings. The average molecular weight is 336 g/mol. The lowest BCUT2D eigenvalue weighted by Gasteiger charge is -2.20. The first-order valence-corrected chi connectivity index (χ1v) is 7.47. The molecule has 1 heterocycles. The summed E-state index contributed by atoms with van der Waals surface area (Å²) in [5.74, 6) is -0.596. The van der Waals surface area contributed by atoms with E-state index in [1.165, 1.54) is 6.07 Å². The number of furan rings is 1. The van der Waals surface area contributed by atoms with E-state index in [2.05, 4.69) is 5.32 Å². The van der Waals surface area contributed by atoms with E-state index in [9.17, 15) is 9.59 Å². The highest BCUT2D eigenvalue weighted by Gasteiger charge is 2.18. The summed E-state index contributed by atoms with van der Waals surface area (Å²) in [6, 6.07) is 10.3. The zero-order valence-electron chi connectivity index (χ0n) is 13.2. The lowest BCUT2D eigenvalue weighted by Crippen LogP contribution is -2.42. The van der Waals surface area contributed by atoms with Crippen LogP contribution in [0, 0.1) is 0 Å². The van der Waals surface area contributed by atoms with Gasteiger partial charge in [0.25, 0.3) is 5.91 Å². The number of amides is 1. The van der Waals surface area contributed by atoms with Crippen LogP contribution in [0.1, 0.15) is 31.3 Å². The molecular weight excluding hydrogens is 318 g/mol. The highest BCUT2D eigenvalue weighted by Crippen LogP contribution is 2.29. The highest BCUT2D eigenvalue weighted by atomic mass is 35.5. The SMILES string of the molecule is CC(C)(C)NC(=O)COC(=O)c1ccc(-c2ccccc2Cl)o1. The van der Waals surface area contributed by atoms with E-state index in [0.29, 0.717) is 16.3 Å². The topological polar surface area (TPSA) is 68.5 Å². The minimum atomic E-state index is -0.702. The van der Waals surface area contributed by atoms with Crippen LogP contribution in [0.2, 0.25) is 5.02 Å². The molecule has 0 unspecified atom stereocenters. The van der Waals surface area contributed by atoms with Gasteiger partial charge in [0.05, 0.1) is 5.02 Å². The predicted octanol–water partition coefficient (Wildman–Crippen LogP) is 3.67. The maximum Gasteiger partial charge on any atom is 0.374 e. The number of carbonyl (C=O) groups is 2. The van der Waals surface area contributed by atoms with Crippen LogP contribution in [0.15, 0.2) is 40.8 Å². The van der Waals surface area contributed by atoms with Gasteiger partial charge in [-0.3, -0.25) is 4.79 Å². The van der Waals surface area contributed by atoms with E-state index in [4.69, 9.17) is 20.8 Å². The largest absolute Gasteiger partial charge is 0.450 e. The maximum absolute atomic E-state index is 11.9. The van der Waals surface area contributed by atoms with E-state index < -0.39 is 5.97 Å². The van der Waals surface area contributed by atoms with Crippen molar-refractivity contribution in [1.29, 1.82) is 0 Å². The van der Waals surface area contributed by atoms with Crippen LogP contribution in [0.25, 0.3) is 11.3 Å². The van der Waals surface area contributed by atoms with Crippen LogP contribution in [-0.4, -0.2) is 24.0 Å². The Hall–Kier alpha value is -2.27. The van der Waals surface area contributed by atoms with Gasteiger partial charge in [-0.05, 0) is 45.0 Å². The summed E-state index contributed by atoms with van der Waals surface area (Å²) in [4.78, 5) is 23.5. The number of halogens is 1. The number of benzene rings is 1. The zero-order chi connectivity index (χ0) is 17.0. The van der Waals surface area contributed by atoms with E-state index in [1.54, 1.807) is 24.3 Å². The number of hydrogen-bond donors (Lipinski definition) is 1. The molecule has 1 amide bonds. The molecule has 0 atom stereocenters. The van der Waals surface area contributed by atoms with E-state index >= 15 is 0 Å². The third-order valence-electron chi connectivity index (χ3n) is 2.80. The summed E-state index contributed by atoms with van der Waals surface area (Å²) in [6.45, 7) is 5.16. The van der Waals surface area contributed by atoms with Gasteiger partial charge in [-0.2, -0.15) is 0 Å². The second-order valence-corrected chi connectivity index (χ2v) is 6.43. The molecule has 0 radical (unpaired) electrons. The van der Waals surface area contributed by atoms with Crippen LogP contribution in [0.3, 0.4) is 0 Å². The summed E-state index contributed by atoms with van der Waals surface area (Å²) in [6.07, 6.45) is 0. The predicted molar refractivity (Wildman–Crippen MR) is 87.3 cm³/mol. The molecule has 0 aliphatic carbocycles. The van der Waals surface area contributed by atoms with Gasteiger partial charge in [0.1, 0.15) is 5.76 Å². The fraction of sp³-hybridized carbons (Fsp3) is 0.294. The van der Waals surface area contributed by atoms with Gasteiger partial charge in [0, 0.05) is 11.1 Å². The van der Waals surface area contributed by atoms with E-state index in [1.807, 2.05) is 26.8 Å². The molecule has 0 aliphatic heterocycles. The van der Waals surface area contributed by atoms with Gasteiger partial charge >= 0.3 is 5.97 Å². The minimum absolute atomic E-state index is 0.0171. The van der Waals surface area contributed by atoms with Gasteiger partial charge in [0.2, 0.25) is 5.76 Å². The molecule has 5 nitrogen and oxygen atoms in total. The van der Waals surface area contributed by atoms with Gasteiger partial charge in [-0.25, -0.2) is 4.79 Å². The van der Waals surface area contributed by atoms with Crippen LogP contribution in [0.4, 0.5) is 0 Å². The third-order valence-corrected chi connectivity index (χ3v) is 3.12. The van der Waals surface area contributed by atoms with Crippen molar-refractivity contribution in [3.05, 3.63) is 47.2 Å². The highest BCUT2D eigenvalue weighted by molar-refractivity contribution is 6.33. The Morgan fingerprint density at radius 3 is 2.52 bits per heavy atom. The normalized spacial score (nSPS) is 11.1. The number of carbonyl (C=O) groups excluding carboxylic acids is 2. The second-order valence-electron chi connectivity index (χ2n) is 6.02. The number of ether oxygens (including phenoxy) is 1. The van der Waals surface area contributed by atoms with Crippen molar-refractivity contribution in [2.45, 2.75) is 26.3 Å². The monoisotopic (exact) mass is 335 g/mol. The van der Waals surface area contributed by atoms with Crippen LogP contribution >= 0.6 is 11.6 Å². The first-order valence-electron chi connectivity index (χ1n) is 7.09. The van der Waals surface area contributed by atoms with E-state index in [0.717, 1.165) is 0 Å². The summed E-state index contributed by atoms with van der Waals surface area (Å²) < 4.78 is 10.4. The van der Waals surface area contributed by atoms with Gasteiger partial charge < -0.3 is 14.5 Å². The van der Waals surface area contributed by atoms with Gasteiger partial charge in [-0.15, -0.1) is 0 Å². The Morgan fingerprint density at radius 1 is 1.17 bits per heavy atom. The Balaban J connectivity index is 1.99. The maximum atomic E-state index is 11.9. The first-order chi connectivity index (χ1) is 10.8. The summed E-state index contributed by atoms with van der Waals surface area (Å²) in [5.41, 5.74) is 0.296. The lowest BCUT2D eigenvalue weighted by atomic mass is 10.1. The lowest BCUT2D eigenvalue weighted by molar-refractivity contribution is -0.125. The Labute approximate surface area is 139 Å². The Morgan fingerprint density at radius 2 is 1.87 bits per heavy atom. The number of hydrogen-bond acceptors (Lipinski definition) is 4. The minimum Gasteiger partial charge on any atom is -0.450 e. The van der Waals surface area contributed by atoms with Crippen molar-refractivity contribution in [3.8, 4) is 11.3 Å². The molecule has 0 saturated heterocycles. The Bertz CT molecular complexity index is 715. The zero-order valence-corrected chi connectivity index (χ0v) is 13.9. The standard InChI is InChI=1S/C17H18ClNO4/c1-17(2,3)19-15(20)10-22-16(21)14-9-8-13(23-14)11-6-4-5-7-12(11)18/h4-9H,10H2,1-3H3,(H,19,20). The second kappa shape index (κ2) is 6.87. The molecule has 6 heteroatoms. The van der Waals surface area contributed by atoms with Crippen molar-refractivity contribution in [3.63, 3.8) is 0 Å². The molecule has 1 aromatic carbocycles. The summed E-state index contributed by atoms with van der Waals surface area (Å²) in [5, 5.41) is 3.22. The van der Waals surface area contributed by atoms with Crippen molar-refractivity contribution in [2.75, 3.05) is 6.61 Å². The molecule has 23 heavy (non-hydrogen) atoms. The quantitative estimate of drug-likeness (QED) is 0.865. The van der Waals surface area contributed by atoms with Gasteiger partial charge in [0.15, 0.2) is 6.61 Å². The molecule has 2 rings (SSSR count). The number of nitrogens with one attached hydrogen (secondary N) is 1. The molecule has 122 valence electrons. The fourth-order valence-electron chi connectivity index (χ4n) is 1.91. The molecule has 0 spiro atoms. The van der Waals surface area contributed by atoms with Gasteiger partial charge in [-0.1, -0.05) is 23.7 Å². The van der Waals surface area contributed by atoms with Crippen LogP contribution < -0.4 is 5.32 Å². The molecule has 0 bridgehead atoms. The van der Waals surface area contributed by atoms with Crippen LogP contribution in [-0.2, 0) is 9.53 Å². The number of rotatable bonds is 4. The average Bonchev–Trinajstić information content (AvgIpc) is 2.93. The summed E-state index contributed by atoms with van der Waals surface area (Å²) in [7, 11) is 0. The third kappa shape index (κ3) is 4.86. The Kier molecular flexibility index (Phi) is 5.11. The fourth-order valence-corrected chi connectivity index (χ4v) is 2.14. The molecular formula is C17H18ClNO4. The smallest absolute Gasteiger partial charge is 0.374 e. The molecule has 1 N–H and O–H groups in total. The van der Waals surface area contributed by atoms with Crippen LogP contribution in [0.5, 0.6) is 0 Å². The molecule has 0 saturated carbocycles. The molecule has 2 aromatic rings. The first kappa shape index (κ1) is 17.1.